The summed E-state index contributed by atoms with van der Waals surface area (Å²) in [5, 5.41) is 20.3. The summed E-state index contributed by atoms with van der Waals surface area (Å²) in [6.07, 6.45) is 3.11. The number of phenolic OH excluding ortho intramolecular Hbond substituents is 1. The molecule has 2 atom stereocenters. The number of carbonyl (C=O) groups is 1. The first kappa shape index (κ1) is 25.2. The van der Waals surface area contributed by atoms with Gasteiger partial charge in [-0.05, 0) is 128 Å². The van der Waals surface area contributed by atoms with E-state index in [-0.39, 0.29) is 18.0 Å². The molecule has 1 amide bonds. The third kappa shape index (κ3) is 5.30. The van der Waals surface area contributed by atoms with Gasteiger partial charge in [-0.1, -0.05) is 12.1 Å². The maximum absolute atomic E-state index is 13.5. The smallest absolute Gasteiger partial charge is 0.237 e. The van der Waals surface area contributed by atoms with Gasteiger partial charge in [-0.25, -0.2) is 0 Å². The molecule has 0 saturated heterocycles. The Bertz CT molecular complexity index is 1310. The van der Waals surface area contributed by atoms with Crippen LogP contribution >= 0.6 is 0 Å². The maximum Gasteiger partial charge on any atom is 0.237 e. The fraction of sp³-hybridized carbons (Fsp3) is 0.387. The third-order valence-corrected chi connectivity index (χ3v) is 7.90. The number of aromatic hydroxyl groups is 1. The normalized spacial score (nSPS) is 18.7. The highest BCUT2D eigenvalue weighted by atomic mass is 16.5. The van der Waals surface area contributed by atoms with Gasteiger partial charge >= 0.3 is 0 Å². The van der Waals surface area contributed by atoms with Crippen LogP contribution in [0.3, 0.4) is 0 Å². The van der Waals surface area contributed by atoms with E-state index in [4.69, 9.17) is 4.74 Å². The summed E-state index contributed by atoms with van der Waals surface area (Å²) in [5.74, 6) is 1.21. The van der Waals surface area contributed by atoms with Gasteiger partial charge in [-0.2, -0.15) is 0 Å². The minimum Gasteiger partial charge on any atom is -0.508 e. The SMILES string of the molecule is COc1cc(C)c(Cc2ccc3c(c2)C(NC(=O)C2Cc4c(C)cc(O)cc4CCN2)CCN3)c(C)c1. The molecule has 2 aliphatic heterocycles. The summed E-state index contributed by atoms with van der Waals surface area (Å²) in [4.78, 5) is 13.5. The molecule has 0 aliphatic carbocycles. The number of aryl methyl sites for hydroxylation is 3. The second-order valence-corrected chi connectivity index (χ2v) is 10.5. The molecule has 194 valence electrons. The molecule has 0 saturated carbocycles. The van der Waals surface area contributed by atoms with Crippen LogP contribution in [0.2, 0.25) is 0 Å². The molecule has 0 bridgehead atoms. The average molecular weight is 500 g/mol. The zero-order valence-corrected chi connectivity index (χ0v) is 22.2. The minimum absolute atomic E-state index is 0.0328. The van der Waals surface area contributed by atoms with Crippen molar-refractivity contribution in [3.8, 4) is 11.5 Å². The van der Waals surface area contributed by atoms with Crippen LogP contribution in [-0.4, -0.2) is 37.3 Å². The standard InChI is InChI=1S/C31H37N3O3/c1-18-11-23(35)16-22-7-9-33-30(17-26(18)22)31(36)34-29-8-10-32-28-6-5-21(15-27(28)29)14-25-19(2)12-24(37-4)13-20(25)3/h5-6,11-13,15-16,29-30,32-33,35H,7-10,14,17H2,1-4H3,(H,34,36). The number of amides is 1. The molecule has 0 spiro atoms. The van der Waals surface area contributed by atoms with Crippen LogP contribution < -0.4 is 20.7 Å². The fourth-order valence-corrected chi connectivity index (χ4v) is 5.88. The molecule has 6 heteroatoms. The van der Waals surface area contributed by atoms with Crippen molar-refractivity contribution >= 4 is 11.6 Å². The molecule has 3 aromatic carbocycles. The van der Waals surface area contributed by atoms with Crippen LogP contribution in [-0.2, 0) is 24.1 Å². The quantitative estimate of drug-likeness (QED) is 0.411. The van der Waals surface area contributed by atoms with Crippen molar-refractivity contribution in [1.29, 1.82) is 0 Å². The van der Waals surface area contributed by atoms with E-state index in [1.54, 1.807) is 13.2 Å². The molecular formula is C31H37N3O3. The van der Waals surface area contributed by atoms with Gasteiger partial charge < -0.3 is 25.8 Å². The predicted octanol–water partition coefficient (Wildman–Crippen LogP) is 4.65. The first-order valence-corrected chi connectivity index (χ1v) is 13.2. The lowest BCUT2D eigenvalue weighted by Crippen LogP contribution is -2.47. The molecule has 2 unspecified atom stereocenters. The van der Waals surface area contributed by atoms with E-state index in [1.165, 1.54) is 27.8 Å². The number of ether oxygens (including phenoxy) is 1. The van der Waals surface area contributed by atoms with Crippen molar-refractivity contribution in [2.45, 2.75) is 58.5 Å². The number of hydrogen-bond donors (Lipinski definition) is 4. The largest absolute Gasteiger partial charge is 0.508 e. The van der Waals surface area contributed by atoms with Crippen LogP contribution in [0.1, 0.15) is 57.0 Å². The van der Waals surface area contributed by atoms with Crippen LogP contribution in [0.25, 0.3) is 0 Å². The molecule has 37 heavy (non-hydrogen) atoms. The number of hydrogen-bond acceptors (Lipinski definition) is 5. The van der Waals surface area contributed by atoms with E-state index in [0.717, 1.165) is 53.9 Å². The highest BCUT2D eigenvalue weighted by Crippen LogP contribution is 2.33. The van der Waals surface area contributed by atoms with Gasteiger partial charge in [0, 0.05) is 12.2 Å². The molecule has 2 aliphatic rings. The lowest BCUT2D eigenvalue weighted by atomic mass is 9.91. The number of phenols is 1. The summed E-state index contributed by atoms with van der Waals surface area (Å²) in [7, 11) is 1.70. The molecular weight excluding hydrogens is 462 g/mol. The van der Waals surface area contributed by atoms with Crippen molar-refractivity contribution in [2.75, 3.05) is 25.5 Å². The molecule has 4 N–H and O–H groups in total. The van der Waals surface area contributed by atoms with Crippen molar-refractivity contribution in [1.82, 2.24) is 10.6 Å². The lowest BCUT2D eigenvalue weighted by Gasteiger charge is -2.30. The molecule has 2 heterocycles. The third-order valence-electron chi connectivity index (χ3n) is 7.90. The Morgan fingerprint density at radius 1 is 1.05 bits per heavy atom. The van der Waals surface area contributed by atoms with Crippen molar-refractivity contribution in [3.05, 3.63) is 87.0 Å². The van der Waals surface area contributed by atoms with Crippen LogP contribution in [0.4, 0.5) is 5.69 Å². The molecule has 0 fully saturated rings. The molecule has 6 nitrogen and oxygen atoms in total. The molecule has 5 rings (SSSR count). The summed E-state index contributed by atoms with van der Waals surface area (Å²) in [6, 6.07) is 14.0. The fourth-order valence-electron chi connectivity index (χ4n) is 5.88. The second kappa shape index (κ2) is 10.5. The average Bonchev–Trinajstić information content (AvgIpc) is 3.09. The Balaban J connectivity index is 1.35. The van der Waals surface area contributed by atoms with E-state index in [0.29, 0.717) is 18.7 Å². The van der Waals surface area contributed by atoms with Gasteiger partial charge in [0.1, 0.15) is 11.5 Å². The van der Waals surface area contributed by atoms with Crippen LogP contribution in [0, 0.1) is 20.8 Å². The summed E-state index contributed by atoms with van der Waals surface area (Å²) < 4.78 is 5.43. The number of methoxy groups -OCH3 is 1. The zero-order chi connectivity index (χ0) is 26.1. The van der Waals surface area contributed by atoms with Gasteiger partial charge in [0.05, 0.1) is 19.2 Å². The lowest BCUT2D eigenvalue weighted by molar-refractivity contribution is -0.123. The van der Waals surface area contributed by atoms with Gasteiger partial charge in [-0.15, -0.1) is 0 Å². The molecule has 3 aromatic rings. The highest BCUT2D eigenvalue weighted by molar-refractivity contribution is 5.83. The number of rotatable bonds is 5. The van der Waals surface area contributed by atoms with E-state index in [9.17, 15) is 9.90 Å². The second-order valence-electron chi connectivity index (χ2n) is 10.5. The molecule has 0 aromatic heterocycles. The van der Waals surface area contributed by atoms with Crippen LogP contribution in [0.5, 0.6) is 11.5 Å². The monoisotopic (exact) mass is 499 g/mol. The van der Waals surface area contributed by atoms with Gasteiger partial charge in [0.15, 0.2) is 0 Å². The van der Waals surface area contributed by atoms with E-state index < -0.39 is 0 Å². The first-order chi connectivity index (χ1) is 17.8. The Kier molecular flexibility index (Phi) is 7.11. The van der Waals surface area contributed by atoms with Crippen molar-refractivity contribution in [3.63, 3.8) is 0 Å². The minimum atomic E-state index is -0.296. The number of anilines is 1. The Morgan fingerprint density at radius 3 is 2.59 bits per heavy atom. The number of fused-ring (bicyclic) bond motifs is 2. The molecule has 0 radical (unpaired) electrons. The highest BCUT2D eigenvalue weighted by Gasteiger charge is 2.28. The van der Waals surface area contributed by atoms with E-state index >= 15 is 0 Å². The van der Waals surface area contributed by atoms with Gasteiger partial charge in [0.2, 0.25) is 5.91 Å². The van der Waals surface area contributed by atoms with Crippen LogP contribution in [0.15, 0.2) is 42.5 Å². The summed E-state index contributed by atoms with van der Waals surface area (Å²) in [6.45, 7) is 7.81. The summed E-state index contributed by atoms with van der Waals surface area (Å²) >= 11 is 0. The van der Waals surface area contributed by atoms with E-state index in [2.05, 4.69) is 60.1 Å². The van der Waals surface area contributed by atoms with Crippen molar-refractivity contribution < 1.29 is 14.6 Å². The predicted molar refractivity (Wildman–Crippen MR) is 148 cm³/mol. The number of benzene rings is 3. The van der Waals surface area contributed by atoms with Gasteiger partial charge in [-0.3, -0.25) is 4.79 Å². The first-order valence-electron chi connectivity index (χ1n) is 13.2. The Morgan fingerprint density at radius 2 is 1.84 bits per heavy atom. The number of nitrogens with one attached hydrogen (secondary N) is 3. The van der Waals surface area contributed by atoms with Crippen molar-refractivity contribution in [2.24, 2.45) is 0 Å². The van der Waals surface area contributed by atoms with E-state index in [1.807, 2.05) is 13.0 Å². The maximum atomic E-state index is 13.5. The van der Waals surface area contributed by atoms with Gasteiger partial charge in [0.25, 0.3) is 0 Å². The number of carbonyl (C=O) groups excluding carboxylic acids is 1. The Hall–Kier alpha value is -3.51. The topological polar surface area (TPSA) is 82.6 Å². The Labute approximate surface area is 219 Å². The zero-order valence-electron chi connectivity index (χ0n) is 22.2. The summed E-state index contributed by atoms with van der Waals surface area (Å²) in [5.41, 5.74) is 10.6.